The normalized spacial score (nSPS) is 10.4. The van der Waals surface area contributed by atoms with E-state index in [9.17, 15) is 9.59 Å². The minimum absolute atomic E-state index is 0.176. The number of aryl methyl sites for hydroxylation is 1. The Labute approximate surface area is 125 Å². The third kappa shape index (κ3) is 3.63. The lowest BCUT2D eigenvalue weighted by Gasteiger charge is -2.15. The molecule has 110 valence electrons. The lowest BCUT2D eigenvalue weighted by Crippen LogP contribution is -2.14. The van der Waals surface area contributed by atoms with E-state index in [0.29, 0.717) is 16.6 Å². The van der Waals surface area contributed by atoms with E-state index >= 15 is 0 Å². The molecule has 0 aliphatic rings. The van der Waals surface area contributed by atoms with E-state index in [4.69, 9.17) is 9.84 Å². The van der Waals surface area contributed by atoms with Crippen molar-refractivity contribution in [2.24, 2.45) is 0 Å². The highest BCUT2D eigenvalue weighted by Crippen LogP contribution is 2.27. The average molecular weight is 306 g/mol. The first-order valence-electron chi connectivity index (χ1n) is 6.10. The van der Waals surface area contributed by atoms with E-state index in [0.717, 1.165) is 17.3 Å². The predicted octanol–water partition coefficient (Wildman–Crippen LogP) is 1.73. The molecular formula is C14H14N2O4S. The molecule has 0 saturated carbocycles. The minimum Gasteiger partial charge on any atom is -0.495 e. The molecule has 0 fully saturated rings. The molecule has 0 atom stereocenters. The lowest BCUT2D eigenvalue weighted by molar-refractivity contribution is -0.133. The van der Waals surface area contributed by atoms with Gasteiger partial charge in [-0.25, -0.2) is 0 Å². The minimum atomic E-state index is -0.971. The monoisotopic (exact) mass is 306 g/mol. The highest BCUT2D eigenvalue weighted by atomic mass is 32.2. The predicted molar refractivity (Wildman–Crippen MR) is 79.5 cm³/mol. The van der Waals surface area contributed by atoms with Crippen LogP contribution in [0.25, 0.3) is 5.69 Å². The summed E-state index contributed by atoms with van der Waals surface area (Å²) in [6.45, 7) is 1.93. The van der Waals surface area contributed by atoms with Gasteiger partial charge in [0, 0.05) is 12.3 Å². The van der Waals surface area contributed by atoms with Crippen molar-refractivity contribution in [3.63, 3.8) is 0 Å². The third-order valence-corrected chi connectivity index (χ3v) is 3.63. The van der Waals surface area contributed by atoms with E-state index in [1.807, 2.05) is 25.1 Å². The van der Waals surface area contributed by atoms with Gasteiger partial charge in [-0.1, -0.05) is 17.8 Å². The van der Waals surface area contributed by atoms with Gasteiger partial charge in [-0.05, 0) is 24.6 Å². The Morgan fingerprint density at radius 3 is 2.86 bits per heavy atom. The van der Waals surface area contributed by atoms with Gasteiger partial charge in [-0.3, -0.25) is 14.2 Å². The van der Waals surface area contributed by atoms with Crippen LogP contribution >= 0.6 is 11.8 Å². The fourth-order valence-corrected chi connectivity index (χ4v) is 2.49. The molecule has 1 aromatic heterocycles. The summed E-state index contributed by atoms with van der Waals surface area (Å²) in [7, 11) is 1.55. The van der Waals surface area contributed by atoms with Crippen molar-refractivity contribution in [1.82, 2.24) is 9.55 Å². The summed E-state index contributed by atoms with van der Waals surface area (Å²) in [5, 5.41) is 9.10. The van der Waals surface area contributed by atoms with E-state index < -0.39 is 11.5 Å². The number of hydrogen-bond acceptors (Lipinski definition) is 5. The number of carbonyl (C=O) groups is 1. The second-order valence-corrected chi connectivity index (χ2v) is 5.22. The van der Waals surface area contributed by atoms with Crippen LogP contribution in [0, 0.1) is 6.92 Å². The van der Waals surface area contributed by atoms with E-state index in [-0.39, 0.29) is 5.75 Å². The van der Waals surface area contributed by atoms with Gasteiger partial charge in [-0.15, -0.1) is 0 Å². The highest BCUT2D eigenvalue weighted by molar-refractivity contribution is 7.99. The number of rotatable bonds is 5. The number of benzene rings is 1. The molecular weight excluding hydrogens is 292 g/mol. The van der Waals surface area contributed by atoms with E-state index in [1.54, 1.807) is 17.9 Å². The number of ether oxygens (including phenoxy) is 1. The third-order valence-electron chi connectivity index (χ3n) is 2.70. The Morgan fingerprint density at radius 1 is 1.43 bits per heavy atom. The Bertz CT molecular complexity index is 727. The molecule has 0 spiro atoms. The topological polar surface area (TPSA) is 81.4 Å². The first-order valence-corrected chi connectivity index (χ1v) is 7.09. The van der Waals surface area contributed by atoms with Crippen LogP contribution in [0.1, 0.15) is 5.56 Å². The Kier molecular flexibility index (Phi) is 4.64. The fraction of sp³-hybridized carbons (Fsp3) is 0.214. The van der Waals surface area contributed by atoms with Gasteiger partial charge in [0.15, 0.2) is 5.16 Å². The summed E-state index contributed by atoms with van der Waals surface area (Å²) in [6.07, 6.45) is 1.57. The maximum Gasteiger partial charge on any atom is 0.313 e. The van der Waals surface area contributed by atoms with Gasteiger partial charge in [0.2, 0.25) is 0 Å². The number of thioether (sulfide) groups is 1. The van der Waals surface area contributed by atoms with Crippen LogP contribution in [0.5, 0.6) is 5.75 Å². The zero-order valence-electron chi connectivity index (χ0n) is 11.6. The van der Waals surface area contributed by atoms with Crippen molar-refractivity contribution in [3.05, 3.63) is 46.4 Å². The molecule has 7 heteroatoms. The summed E-state index contributed by atoms with van der Waals surface area (Å²) in [6, 6.07) is 6.93. The molecule has 21 heavy (non-hydrogen) atoms. The molecule has 2 aromatic rings. The van der Waals surface area contributed by atoms with Gasteiger partial charge < -0.3 is 9.84 Å². The maximum absolute atomic E-state index is 11.4. The zero-order chi connectivity index (χ0) is 15.4. The highest BCUT2D eigenvalue weighted by Gasteiger charge is 2.12. The standard InChI is InChI=1S/C14H14N2O4S/c1-9-3-4-11(20-2)10(7-9)16-6-5-12(17)15-14(16)21-8-13(18)19/h3-7H,8H2,1-2H3,(H,18,19). The van der Waals surface area contributed by atoms with Crippen LogP contribution in [0.15, 0.2) is 40.4 Å². The van der Waals surface area contributed by atoms with Gasteiger partial charge in [-0.2, -0.15) is 4.98 Å². The molecule has 0 bridgehead atoms. The van der Waals surface area contributed by atoms with Gasteiger partial charge in [0.25, 0.3) is 5.56 Å². The van der Waals surface area contributed by atoms with Crippen LogP contribution < -0.4 is 10.3 Å². The molecule has 0 saturated heterocycles. The second-order valence-electron chi connectivity index (χ2n) is 4.28. The molecule has 2 rings (SSSR count). The number of carboxylic acid groups (broad SMARTS) is 1. The number of aliphatic carboxylic acids is 1. The number of nitrogens with zero attached hydrogens (tertiary/aromatic N) is 2. The first kappa shape index (κ1) is 15.1. The number of hydrogen-bond donors (Lipinski definition) is 1. The van der Waals surface area contributed by atoms with Crippen molar-refractivity contribution >= 4 is 17.7 Å². The Hall–Kier alpha value is -2.28. The van der Waals surface area contributed by atoms with Gasteiger partial charge in [0.05, 0.1) is 18.6 Å². The van der Waals surface area contributed by atoms with Crippen LogP contribution in [0.2, 0.25) is 0 Å². The molecule has 0 aliphatic heterocycles. The summed E-state index contributed by atoms with van der Waals surface area (Å²) in [5.74, 6) is -0.533. The molecule has 1 heterocycles. The molecule has 6 nitrogen and oxygen atoms in total. The van der Waals surface area contributed by atoms with Crippen LogP contribution in [-0.4, -0.2) is 33.5 Å². The second kappa shape index (κ2) is 6.45. The lowest BCUT2D eigenvalue weighted by atomic mass is 10.2. The molecule has 0 radical (unpaired) electrons. The largest absolute Gasteiger partial charge is 0.495 e. The summed E-state index contributed by atoms with van der Waals surface area (Å²) < 4.78 is 6.97. The number of carboxylic acids is 1. The smallest absolute Gasteiger partial charge is 0.313 e. The molecule has 0 aliphatic carbocycles. The van der Waals surface area contributed by atoms with Crippen molar-refractivity contribution in [2.45, 2.75) is 12.1 Å². The summed E-state index contributed by atoms with van der Waals surface area (Å²) in [4.78, 5) is 26.0. The molecule has 1 aromatic carbocycles. The Balaban J connectivity index is 2.55. The van der Waals surface area contributed by atoms with Crippen LogP contribution in [0.4, 0.5) is 0 Å². The van der Waals surface area contributed by atoms with Crippen molar-refractivity contribution in [2.75, 3.05) is 12.9 Å². The SMILES string of the molecule is COc1ccc(C)cc1-n1ccc(=O)nc1SCC(=O)O. The molecule has 1 N–H and O–H groups in total. The molecule has 0 unspecified atom stereocenters. The Morgan fingerprint density at radius 2 is 2.19 bits per heavy atom. The summed E-state index contributed by atoms with van der Waals surface area (Å²) >= 11 is 0.986. The van der Waals surface area contributed by atoms with Crippen molar-refractivity contribution < 1.29 is 14.6 Å². The zero-order valence-corrected chi connectivity index (χ0v) is 12.4. The number of aromatic nitrogens is 2. The maximum atomic E-state index is 11.4. The quantitative estimate of drug-likeness (QED) is 0.669. The van der Waals surface area contributed by atoms with Gasteiger partial charge >= 0.3 is 5.97 Å². The number of methoxy groups -OCH3 is 1. The average Bonchev–Trinajstić information content (AvgIpc) is 2.45. The van der Waals surface area contributed by atoms with Crippen molar-refractivity contribution in [3.8, 4) is 11.4 Å². The van der Waals surface area contributed by atoms with E-state index in [1.165, 1.54) is 6.07 Å². The van der Waals surface area contributed by atoms with Gasteiger partial charge in [0.1, 0.15) is 5.75 Å². The molecule has 0 amide bonds. The first-order chi connectivity index (χ1) is 10.0. The van der Waals surface area contributed by atoms with Crippen molar-refractivity contribution in [1.29, 1.82) is 0 Å². The fourth-order valence-electron chi connectivity index (χ4n) is 1.79. The van der Waals surface area contributed by atoms with Crippen LogP contribution in [0.3, 0.4) is 0 Å². The van der Waals surface area contributed by atoms with Crippen LogP contribution in [-0.2, 0) is 4.79 Å². The summed E-state index contributed by atoms with van der Waals surface area (Å²) in [5.41, 5.74) is 1.31. The van der Waals surface area contributed by atoms with E-state index in [2.05, 4.69) is 4.98 Å².